The molecule has 1 aromatic carbocycles. The fourth-order valence-corrected chi connectivity index (χ4v) is 7.10. The average molecular weight is 468 g/mol. The summed E-state index contributed by atoms with van der Waals surface area (Å²) in [4.78, 5) is 4.42. The third kappa shape index (κ3) is 3.73. The van der Waals surface area contributed by atoms with Crippen LogP contribution in [0.5, 0.6) is 0 Å². The van der Waals surface area contributed by atoms with Crippen molar-refractivity contribution in [3.05, 3.63) is 129 Å². The van der Waals surface area contributed by atoms with Gasteiger partial charge in [-0.15, -0.1) is 0 Å². The molecule has 0 N–H and O–H groups in total. The molecule has 5 aliphatic carbocycles. The van der Waals surface area contributed by atoms with Crippen molar-refractivity contribution in [1.29, 1.82) is 0 Å². The number of nitrogens with zero attached hydrogens (tertiary/aromatic N) is 1. The molecular formula is C35H33N. The minimum atomic E-state index is 0.438. The maximum Gasteiger partial charge on any atom is 0.0298 e. The molecule has 6 aliphatic rings. The van der Waals surface area contributed by atoms with Crippen LogP contribution in [-0.4, -0.2) is 6.21 Å². The van der Waals surface area contributed by atoms with Crippen LogP contribution in [0.4, 0.5) is 0 Å². The molecule has 1 aliphatic heterocycles. The van der Waals surface area contributed by atoms with E-state index in [1.54, 1.807) is 5.57 Å². The Balaban J connectivity index is 1.33. The summed E-state index contributed by atoms with van der Waals surface area (Å²) in [6, 6.07) is 8.88. The number of fused-ring (bicyclic) bond motifs is 3. The van der Waals surface area contributed by atoms with Gasteiger partial charge in [-0.1, -0.05) is 85.0 Å². The molecule has 1 heteroatoms. The summed E-state index contributed by atoms with van der Waals surface area (Å²) < 4.78 is 0. The Kier molecular flexibility index (Phi) is 5.58. The molecule has 0 saturated carbocycles. The topological polar surface area (TPSA) is 12.4 Å². The number of hydrogen-bond acceptors (Lipinski definition) is 1. The second-order valence-electron chi connectivity index (χ2n) is 10.8. The van der Waals surface area contributed by atoms with Crippen LogP contribution < -0.4 is 10.4 Å². The Morgan fingerprint density at radius 1 is 0.778 bits per heavy atom. The van der Waals surface area contributed by atoms with Crippen LogP contribution >= 0.6 is 0 Å². The summed E-state index contributed by atoms with van der Waals surface area (Å²) in [7, 11) is 0. The molecule has 1 nitrogen and oxygen atoms in total. The highest BCUT2D eigenvalue weighted by Crippen LogP contribution is 2.53. The van der Waals surface area contributed by atoms with Crippen molar-refractivity contribution in [2.45, 2.75) is 44.9 Å². The molecule has 1 aromatic rings. The summed E-state index contributed by atoms with van der Waals surface area (Å²) in [5.74, 6) is 1.46. The molecule has 1 heterocycles. The van der Waals surface area contributed by atoms with Crippen molar-refractivity contribution < 1.29 is 0 Å². The lowest BCUT2D eigenvalue weighted by Crippen LogP contribution is -2.36. The SMILES string of the molecule is C1=CC2=C(C3=CC=C(C4=CN=CCC4)CC3)C3=CCCC=C3C(C3C=c4ccccc4=CC3)C2C=C1. The van der Waals surface area contributed by atoms with Gasteiger partial charge in [0.2, 0.25) is 0 Å². The smallest absolute Gasteiger partial charge is 0.0298 e. The van der Waals surface area contributed by atoms with Crippen LogP contribution in [0, 0.1) is 17.8 Å². The van der Waals surface area contributed by atoms with Gasteiger partial charge in [0.05, 0.1) is 0 Å². The molecule has 0 fully saturated rings. The highest BCUT2D eigenvalue weighted by Gasteiger charge is 2.40. The van der Waals surface area contributed by atoms with E-state index in [1.807, 2.05) is 6.21 Å². The van der Waals surface area contributed by atoms with E-state index in [2.05, 4.69) is 96.2 Å². The van der Waals surface area contributed by atoms with E-state index in [0.29, 0.717) is 17.8 Å². The fourth-order valence-electron chi connectivity index (χ4n) is 7.10. The highest BCUT2D eigenvalue weighted by atomic mass is 14.7. The molecule has 178 valence electrons. The molecule has 0 spiro atoms. The Morgan fingerprint density at radius 3 is 2.50 bits per heavy atom. The third-order valence-corrected chi connectivity index (χ3v) is 8.78. The van der Waals surface area contributed by atoms with Gasteiger partial charge in [0.25, 0.3) is 0 Å². The summed E-state index contributed by atoms with van der Waals surface area (Å²) >= 11 is 0. The van der Waals surface area contributed by atoms with Gasteiger partial charge in [-0.05, 0) is 100 Å². The van der Waals surface area contributed by atoms with Crippen molar-refractivity contribution in [3.8, 4) is 0 Å². The van der Waals surface area contributed by atoms with Crippen molar-refractivity contribution in [2.24, 2.45) is 22.7 Å². The van der Waals surface area contributed by atoms with Gasteiger partial charge in [-0.25, -0.2) is 0 Å². The number of allylic oxidation sites excluding steroid dienone is 15. The first-order valence-electron chi connectivity index (χ1n) is 13.7. The Labute approximate surface area is 214 Å². The van der Waals surface area contributed by atoms with Crippen LogP contribution in [0.25, 0.3) is 12.2 Å². The highest BCUT2D eigenvalue weighted by molar-refractivity contribution is 5.69. The summed E-state index contributed by atoms with van der Waals surface area (Å²) in [5, 5.41) is 2.79. The molecule has 0 amide bonds. The van der Waals surface area contributed by atoms with E-state index in [-0.39, 0.29) is 0 Å². The second-order valence-corrected chi connectivity index (χ2v) is 10.8. The van der Waals surface area contributed by atoms with E-state index >= 15 is 0 Å². The number of aliphatic imine (C=N–C) groups is 1. The normalized spacial score (nSPS) is 28.3. The summed E-state index contributed by atoms with van der Waals surface area (Å²) in [6.45, 7) is 0. The lowest BCUT2D eigenvalue weighted by atomic mass is 9.60. The molecular weight excluding hydrogens is 434 g/mol. The average Bonchev–Trinajstić information content (AvgIpc) is 2.96. The first kappa shape index (κ1) is 21.8. The van der Waals surface area contributed by atoms with Crippen molar-refractivity contribution >= 4 is 18.4 Å². The lowest BCUT2D eigenvalue weighted by Gasteiger charge is -2.43. The Morgan fingerprint density at radius 2 is 1.64 bits per heavy atom. The van der Waals surface area contributed by atoms with Crippen LogP contribution in [0.2, 0.25) is 0 Å². The van der Waals surface area contributed by atoms with E-state index < -0.39 is 0 Å². The van der Waals surface area contributed by atoms with Gasteiger partial charge < -0.3 is 0 Å². The number of hydrogen-bond donors (Lipinski definition) is 0. The van der Waals surface area contributed by atoms with Crippen LogP contribution in [0.1, 0.15) is 44.9 Å². The Bertz CT molecular complexity index is 1510. The monoisotopic (exact) mass is 467 g/mol. The lowest BCUT2D eigenvalue weighted by molar-refractivity contribution is 0.403. The van der Waals surface area contributed by atoms with Gasteiger partial charge in [-0.2, -0.15) is 0 Å². The summed E-state index contributed by atoms with van der Waals surface area (Å²) in [6.07, 6.45) is 36.4. The maximum absolute atomic E-state index is 4.42. The van der Waals surface area contributed by atoms with Gasteiger partial charge >= 0.3 is 0 Å². The molecule has 7 rings (SSSR count). The van der Waals surface area contributed by atoms with Crippen LogP contribution in [-0.2, 0) is 0 Å². The molecule has 3 unspecified atom stereocenters. The zero-order valence-corrected chi connectivity index (χ0v) is 20.9. The summed E-state index contributed by atoms with van der Waals surface area (Å²) in [5.41, 5.74) is 10.6. The molecule has 3 atom stereocenters. The van der Waals surface area contributed by atoms with Gasteiger partial charge in [0, 0.05) is 24.3 Å². The first-order chi connectivity index (χ1) is 17.9. The Hall–Kier alpha value is -3.45. The van der Waals surface area contributed by atoms with E-state index in [9.17, 15) is 0 Å². The fraction of sp³-hybridized carbons (Fsp3) is 0.286. The van der Waals surface area contributed by atoms with E-state index in [4.69, 9.17) is 0 Å². The van der Waals surface area contributed by atoms with Gasteiger partial charge in [-0.3, -0.25) is 4.99 Å². The minimum absolute atomic E-state index is 0.438. The molecule has 0 radical (unpaired) electrons. The van der Waals surface area contributed by atoms with Crippen molar-refractivity contribution in [2.75, 3.05) is 0 Å². The molecule has 36 heavy (non-hydrogen) atoms. The van der Waals surface area contributed by atoms with Crippen molar-refractivity contribution in [1.82, 2.24) is 0 Å². The van der Waals surface area contributed by atoms with Gasteiger partial charge in [0.15, 0.2) is 0 Å². The number of rotatable bonds is 3. The predicted molar refractivity (Wildman–Crippen MR) is 152 cm³/mol. The van der Waals surface area contributed by atoms with Crippen LogP contribution in [0.15, 0.2) is 123 Å². The molecule has 0 aromatic heterocycles. The molecule has 0 bridgehead atoms. The van der Waals surface area contributed by atoms with Crippen LogP contribution in [0.3, 0.4) is 0 Å². The largest absolute Gasteiger partial charge is 0.269 e. The van der Waals surface area contributed by atoms with Crippen molar-refractivity contribution in [3.63, 3.8) is 0 Å². The molecule has 0 saturated heterocycles. The van der Waals surface area contributed by atoms with Gasteiger partial charge in [0.1, 0.15) is 0 Å². The first-order valence-corrected chi connectivity index (χ1v) is 13.7. The second kappa shape index (κ2) is 9.21. The zero-order valence-electron chi connectivity index (χ0n) is 20.9. The standard InChI is InChI=1S/C35H33N/c1-2-9-27-22-28(20-17-24(27)8-1)35-32-13-5-3-11-30(32)34(31-12-4-6-14-33(31)35)26-18-15-25(16-19-26)29-10-7-21-36-23-29/h1-3,5,8-9,11-15,17-18,21-23,28,32,35H,4,6-7,10,16,19-20H2. The zero-order chi connectivity index (χ0) is 23.9. The maximum atomic E-state index is 4.42. The number of benzene rings is 1. The third-order valence-electron chi connectivity index (χ3n) is 8.78. The quantitative estimate of drug-likeness (QED) is 0.455. The van der Waals surface area contributed by atoms with E-state index in [0.717, 1.165) is 44.9 Å². The minimum Gasteiger partial charge on any atom is -0.269 e. The van der Waals surface area contributed by atoms with E-state index in [1.165, 1.54) is 43.9 Å². The predicted octanol–water partition coefficient (Wildman–Crippen LogP) is 6.98.